The van der Waals surface area contributed by atoms with Crippen LogP contribution in [0.5, 0.6) is 0 Å². The van der Waals surface area contributed by atoms with Crippen molar-refractivity contribution in [2.24, 2.45) is 16.7 Å². The largest absolute Gasteiger partial charge is 0.0602 e. The molecule has 0 heterocycles. The highest BCUT2D eigenvalue weighted by molar-refractivity contribution is 5.13. The summed E-state index contributed by atoms with van der Waals surface area (Å²) in [6.07, 6.45) is 3.80. The van der Waals surface area contributed by atoms with Gasteiger partial charge in [0.2, 0.25) is 0 Å². The van der Waals surface area contributed by atoms with Crippen LogP contribution in [0.3, 0.4) is 0 Å². The maximum Gasteiger partial charge on any atom is -0.0289 e. The summed E-state index contributed by atoms with van der Waals surface area (Å²) in [6.45, 7) is 11.6. The Hall–Kier alpha value is 0. The van der Waals surface area contributed by atoms with Crippen molar-refractivity contribution in [1.82, 2.24) is 0 Å². The molecule has 0 bridgehead atoms. The van der Waals surface area contributed by atoms with Gasteiger partial charge in [-0.15, -0.1) is 0 Å². The molecule has 1 aliphatic rings. The van der Waals surface area contributed by atoms with Crippen LogP contribution in [0.25, 0.3) is 0 Å². The van der Waals surface area contributed by atoms with Crippen molar-refractivity contribution in [1.29, 1.82) is 0 Å². The summed E-state index contributed by atoms with van der Waals surface area (Å²) in [5.74, 6) is 0.882. The molecule has 0 saturated heterocycles. The molecule has 0 aromatic heterocycles. The molecule has 1 saturated carbocycles. The molecule has 59 valence electrons. The fourth-order valence-corrected chi connectivity index (χ4v) is 1.45. The zero-order chi connectivity index (χ0) is 7.99. The van der Waals surface area contributed by atoms with Crippen LogP contribution in [0.15, 0.2) is 0 Å². The summed E-state index contributed by atoms with van der Waals surface area (Å²) in [5, 5.41) is 0. The Balaban J connectivity index is 2.31. The van der Waals surface area contributed by atoms with Gasteiger partial charge in [0.05, 0.1) is 0 Å². The monoisotopic (exact) mass is 139 g/mol. The minimum atomic E-state index is 0.509. The maximum atomic E-state index is 2.46. The predicted octanol–water partition coefficient (Wildman–Crippen LogP) is 3.28. The van der Waals surface area contributed by atoms with Crippen molar-refractivity contribution in [3.8, 4) is 0 Å². The second-order valence-corrected chi connectivity index (χ2v) is 5.36. The Morgan fingerprint density at radius 2 is 1.70 bits per heavy atom. The highest BCUT2D eigenvalue weighted by Gasteiger charge is 2.46. The standard InChI is InChI=1S/C10H19/c1-9(2,3)6-8-7-10(8,4)5/h7-8H,6H2,1-5H3. The van der Waals surface area contributed by atoms with E-state index in [2.05, 4.69) is 41.0 Å². The third-order valence-corrected chi connectivity index (χ3v) is 2.31. The van der Waals surface area contributed by atoms with Crippen molar-refractivity contribution in [2.45, 2.75) is 41.0 Å². The van der Waals surface area contributed by atoms with Crippen molar-refractivity contribution in [3.63, 3.8) is 0 Å². The smallest absolute Gasteiger partial charge is 0.0289 e. The van der Waals surface area contributed by atoms with Gasteiger partial charge in [0.25, 0.3) is 0 Å². The van der Waals surface area contributed by atoms with E-state index in [0.717, 1.165) is 5.92 Å². The van der Waals surface area contributed by atoms with Gasteiger partial charge in [0.15, 0.2) is 0 Å². The van der Waals surface area contributed by atoms with Gasteiger partial charge in [-0.05, 0) is 29.6 Å². The van der Waals surface area contributed by atoms with Crippen LogP contribution in [0, 0.1) is 23.2 Å². The Bertz CT molecular complexity index is 125. The van der Waals surface area contributed by atoms with Crippen LogP contribution in [-0.4, -0.2) is 0 Å². The molecule has 1 unspecified atom stereocenters. The van der Waals surface area contributed by atoms with Crippen LogP contribution in [0.2, 0.25) is 0 Å². The Kier molecular flexibility index (Phi) is 1.61. The normalized spacial score (nSPS) is 30.3. The molecule has 1 atom stereocenters. The number of hydrogen-bond donors (Lipinski definition) is 0. The first-order chi connectivity index (χ1) is 4.31. The first kappa shape index (κ1) is 8.10. The number of hydrogen-bond acceptors (Lipinski definition) is 0. The lowest BCUT2D eigenvalue weighted by Crippen LogP contribution is -2.07. The van der Waals surface area contributed by atoms with Crippen LogP contribution >= 0.6 is 0 Å². The van der Waals surface area contributed by atoms with Crippen molar-refractivity contribution in [2.75, 3.05) is 0 Å². The van der Waals surface area contributed by atoms with Crippen molar-refractivity contribution < 1.29 is 0 Å². The molecular formula is C10H19. The molecule has 0 amide bonds. The van der Waals surface area contributed by atoms with Gasteiger partial charge in [-0.1, -0.05) is 34.6 Å². The topological polar surface area (TPSA) is 0 Å². The average Bonchev–Trinajstić information content (AvgIpc) is 2.05. The van der Waals surface area contributed by atoms with Gasteiger partial charge in [0, 0.05) is 0 Å². The first-order valence-electron chi connectivity index (χ1n) is 4.17. The predicted molar refractivity (Wildman–Crippen MR) is 45.6 cm³/mol. The lowest BCUT2D eigenvalue weighted by Gasteiger charge is -2.18. The minimum absolute atomic E-state index is 0.509. The first-order valence-corrected chi connectivity index (χ1v) is 4.17. The SMILES string of the molecule is CC(C)(C)CC1[CH]C1(C)C. The molecular weight excluding hydrogens is 120 g/mol. The minimum Gasteiger partial charge on any atom is -0.0602 e. The Morgan fingerprint density at radius 1 is 1.30 bits per heavy atom. The van der Waals surface area contributed by atoms with E-state index in [0.29, 0.717) is 10.8 Å². The molecule has 1 fully saturated rings. The lowest BCUT2D eigenvalue weighted by molar-refractivity contribution is 0.329. The number of rotatable bonds is 1. The van der Waals surface area contributed by atoms with E-state index in [9.17, 15) is 0 Å². The summed E-state index contributed by atoms with van der Waals surface area (Å²) in [6, 6.07) is 0. The Labute approximate surface area is 65.0 Å². The van der Waals surface area contributed by atoms with Gasteiger partial charge >= 0.3 is 0 Å². The highest BCUT2D eigenvalue weighted by Crippen LogP contribution is 2.55. The van der Waals surface area contributed by atoms with Gasteiger partial charge < -0.3 is 0 Å². The molecule has 0 N–H and O–H groups in total. The summed E-state index contributed by atoms with van der Waals surface area (Å²) in [7, 11) is 0. The van der Waals surface area contributed by atoms with E-state index in [1.165, 1.54) is 6.42 Å². The molecule has 0 aromatic rings. The maximum absolute atomic E-state index is 2.46. The molecule has 0 nitrogen and oxygen atoms in total. The third kappa shape index (κ3) is 2.00. The fourth-order valence-electron chi connectivity index (χ4n) is 1.45. The van der Waals surface area contributed by atoms with E-state index in [-0.39, 0.29) is 0 Å². The summed E-state index contributed by atoms with van der Waals surface area (Å²) < 4.78 is 0. The molecule has 0 heteroatoms. The second kappa shape index (κ2) is 1.99. The molecule has 1 aliphatic carbocycles. The summed E-state index contributed by atoms with van der Waals surface area (Å²) in [5.41, 5.74) is 1.06. The van der Waals surface area contributed by atoms with Crippen LogP contribution < -0.4 is 0 Å². The van der Waals surface area contributed by atoms with Gasteiger partial charge in [0.1, 0.15) is 0 Å². The van der Waals surface area contributed by atoms with Crippen molar-refractivity contribution in [3.05, 3.63) is 6.42 Å². The quantitative estimate of drug-likeness (QED) is 0.523. The summed E-state index contributed by atoms with van der Waals surface area (Å²) in [4.78, 5) is 0. The van der Waals surface area contributed by atoms with E-state index in [1.54, 1.807) is 0 Å². The van der Waals surface area contributed by atoms with E-state index >= 15 is 0 Å². The van der Waals surface area contributed by atoms with Crippen LogP contribution in [-0.2, 0) is 0 Å². The Morgan fingerprint density at radius 3 is 1.80 bits per heavy atom. The van der Waals surface area contributed by atoms with E-state index < -0.39 is 0 Å². The lowest BCUT2D eigenvalue weighted by atomic mass is 9.87. The van der Waals surface area contributed by atoms with Gasteiger partial charge in [-0.25, -0.2) is 0 Å². The van der Waals surface area contributed by atoms with Gasteiger partial charge in [-0.3, -0.25) is 0 Å². The summed E-state index contributed by atoms with van der Waals surface area (Å²) >= 11 is 0. The van der Waals surface area contributed by atoms with Crippen LogP contribution in [0.1, 0.15) is 41.0 Å². The molecule has 1 radical (unpaired) electrons. The molecule has 0 aliphatic heterocycles. The third-order valence-electron chi connectivity index (χ3n) is 2.31. The van der Waals surface area contributed by atoms with Crippen LogP contribution in [0.4, 0.5) is 0 Å². The second-order valence-electron chi connectivity index (χ2n) is 5.36. The van der Waals surface area contributed by atoms with Crippen molar-refractivity contribution >= 4 is 0 Å². The zero-order valence-corrected chi connectivity index (χ0v) is 7.86. The van der Waals surface area contributed by atoms with E-state index in [4.69, 9.17) is 0 Å². The average molecular weight is 139 g/mol. The molecule has 0 spiro atoms. The molecule has 10 heavy (non-hydrogen) atoms. The van der Waals surface area contributed by atoms with E-state index in [1.807, 2.05) is 0 Å². The molecule has 1 rings (SSSR count). The highest BCUT2D eigenvalue weighted by atomic mass is 14.5. The zero-order valence-electron chi connectivity index (χ0n) is 7.86. The molecule has 0 aromatic carbocycles. The fraction of sp³-hybridized carbons (Fsp3) is 0.900. The van der Waals surface area contributed by atoms with Gasteiger partial charge in [-0.2, -0.15) is 0 Å².